The van der Waals surface area contributed by atoms with Crippen LogP contribution in [0.2, 0.25) is 0 Å². The van der Waals surface area contributed by atoms with Crippen LogP contribution in [0.3, 0.4) is 0 Å². The number of hydrogen-bond acceptors (Lipinski definition) is 4. The van der Waals surface area contributed by atoms with E-state index in [0.29, 0.717) is 22.0 Å². The minimum Gasteiger partial charge on any atom is -0.497 e. The van der Waals surface area contributed by atoms with Gasteiger partial charge in [-0.25, -0.2) is 8.42 Å². The summed E-state index contributed by atoms with van der Waals surface area (Å²) >= 11 is 0. The number of ether oxygens (including phenoxy) is 1. The third-order valence-corrected chi connectivity index (χ3v) is 4.79. The Kier molecular flexibility index (Phi) is 2.31. The van der Waals surface area contributed by atoms with Crippen molar-refractivity contribution in [1.82, 2.24) is 0 Å². The summed E-state index contributed by atoms with van der Waals surface area (Å²) in [7, 11) is -1.90. The second-order valence-electron chi connectivity index (χ2n) is 3.99. The highest BCUT2D eigenvalue weighted by Crippen LogP contribution is 2.40. The van der Waals surface area contributed by atoms with E-state index in [4.69, 9.17) is 4.74 Å². The van der Waals surface area contributed by atoms with Crippen molar-refractivity contribution in [2.45, 2.75) is 9.79 Å². The smallest absolute Gasteiger partial charge is 0.210 e. The van der Waals surface area contributed by atoms with E-state index < -0.39 is 9.84 Å². The van der Waals surface area contributed by atoms with E-state index in [9.17, 15) is 8.42 Å². The SMILES string of the molecule is COc1ccc2c(c1)Nc1ccccc1S2(=O)=O. The van der Waals surface area contributed by atoms with E-state index in [-0.39, 0.29) is 4.90 Å². The Balaban J connectivity index is 2.28. The monoisotopic (exact) mass is 261 g/mol. The molecule has 2 aromatic rings. The lowest BCUT2D eigenvalue weighted by Gasteiger charge is -2.21. The summed E-state index contributed by atoms with van der Waals surface area (Å²) in [5, 5.41) is 3.11. The number of rotatable bonds is 1. The van der Waals surface area contributed by atoms with Crippen LogP contribution in [-0.4, -0.2) is 15.5 Å². The lowest BCUT2D eigenvalue weighted by Crippen LogP contribution is -2.13. The normalized spacial score (nSPS) is 15.2. The van der Waals surface area contributed by atoms with E-state index in [1.54, 1.807) is 49.6 Å². The number of sulfone groups is 1. The average Bonchev–Trinajstić information content (AvgIpc) is 2.38. The molecule has 4 nitrogen and oxygen atoms in total. The summed E-state index contributed by atoms with van der Waals surface area (Å²) < 4.78 is 29.9. The fourth-order valence-electron chi connectivity index (χ4n) is 2.04. The number of methoxy groups -OCH3 is 1. The van der Waals surface area contributed by atoms with E-state index >= 15 is 0 Å². The molecule has 0 spiro atoms. The van der Waals surface area contributed by atoms with Crippen LogP contribution in [0.15, 0.2) is 52.3 Å². The first-order valence-corrected chi connectivity index (χ1v) is 6.90. The lowest BCUT2D eigenvalue weighted by molar-refractivity contribution is 0.414. The molecule has 0 amide bonds. The summed E-state index contributed by atoms with van der Waals surface area (Å²) in [6.45, 7) is 0. The zero-order valence-corrected chi connectivity index (χ0v) is 10.5. The molecule has 0 aliphatic carbocycles. The van der Waals surface area contributed by atoms with Crippen LogP contribution < -0.4 is 10.1 Å². The molecule has 0 bridgehead atoms. The van der Waals surface area contributed by atoms with Gasteiger partial charge in [-0.2, -0.15) is 0 Å². The first-order valence-electron chi connectivity index (χ1n) is 5.42. The molecule has 1 aliphatic rings. The van der Waals surface area contributed by atoms with Crippen LogP contribution in [0.25, 0.3) is 0 Å². The highest BCUT2D eigenvalue weighted by atomic mass is 32.2. The fraction of sp³-hybridized carbons (Fsp3) is 0.0769. The number of para-hydroxylation sites is 1. The fourth-order valence-corrected chi connectivity index (χ4v) is 3.59. The van der Waals surface area contributed by atoms with Gasteiger partial charge in [-0.1, -0.05) is 12.1 Å². The van der Waals surface area contributed by atoms with Gasteiger partial charge in [0.2, 0.25) is 9.84 Å². The Bertz CT molecular complexity index is 723. The maximum Gasteiger partial charge on any atom is 0.210 e. The molecule has 1 aliphatic heterocycles. The molecule has 1 heterocycles. The minimum atomic E-state index is -3.44. The molecule has 1 N–H and O–H groups in total. The van der Waals surface area contributed by atoms with Crippen molar-refractivity contribution in [3.63, 3.8) is 0 Å². The first kappa shape index (κ1) is 11.1. The van der Waals surface area contributed by atoms with E-state index in [1.807, 2.05) is 0 Å². The minimum absolute atomic E-state index is 0.280. The highest BCUT2D eigenvalue weighted by Gasteiger charge is 2.29. The average molecular weight is 261 g/mol. The Morgan fingerprint density at radius 3 is 2.50 bits per heavy atom. The van der Waals surface area contributed by atoms with Crippen LogP contribution in [0.5, 0.6) is 5.75 Å². The molecule has 0 fully saturated rings. The van der Waals surface area contributed by atoms with Crippen LogP contribution in [0, 0.1) is 0 Å². The number of benzene rings is 2. The number of anilines is 2. The molecule has 5 heteroatoms. The number of nitrogens with one attached hydrogen (secondary N) is 1. The van der Waals surface area contributed by atoms with Crippen molar-refractivity contribution in [2.24, 2.45) is 0 Å². The van der Waals surface area contributed by atoms with Crippen molar-refractivity contribution in [2.75, 3.05) is 12.4 Å². The maximum absolute atomic E-state index is 12.4. The van der Waals surface area contributed by atoms with Crippen LogP contribution in [0.4, 0.5) is 11.4 Å². The summed E-state index contributed by atoms with van der Waals surface area (Å²) in [4.78, 5) is 0.588. The molecule has 2 aromatic carbocycles. The highest BCUT2D eigenvalue weighted by molar-refractivity contribution is 7.92. The standard InChI is InChI=1S/C13H11NO3S/c1-17-9-6-7-13-11(8-9)14-10-4-2-3-5-12(10)18(13,15)16/h2-8,14H,1H3. The van der Waals surface area contributed by atoms with E-state index in [2.05, 4.69) is 5.32 Å². The Hall–Kier alpha value is -2.01. The van der Waals surface area contributed by atoms with Crippen molar-refractivity contribution < 1.29 is 13.2 Å². The first-order chi connectivity index (χ1) is 8.63. The van der Waals surface area contributed by atoms with Gasteiger partial charge in [0.05, 0.1) is 28.3 Å². The quantitative estimate of drug-likeness (QED) is 0.731. The molecular weight excluding hydrogens is 250 g/mol. The van der Waals surface area contributed by atoms with Crippen LogP contribution >= 0.6 is 0 Å². The van der Waals surface area contributed by atoms with Crippen LogP contribution in [-0.2, 0) is 9.84 Å². The molecule has 18 heavy (non-hydrogen) atoms. The van der Waals surface area contributed by atoms with Crippen molar-refractivity contribution in [3.05, 3.63) is 42.5 Å². The molecule has 3 rings (SSSR count). The zero-order valence-electron chi connectivity index (χ0n) is 9.67. The van der Waals surface area contributed by atoms with Gasteiger partial charge >= 0.3 is 0 Å². The topological polar surface area (TPSA) is 55.4 Å². The van der Waals surface area contributed by atoms with Crippen molar-refractivity contribution >= 4 is 21.2 Å². The number of hydrogen-bond donors (Lipinski definition) is 1. The second-order valence-corrected chi connectivity index (χ2v) is 5.87. The summed E-state index contributed by atoms with van der Waals surface area (Å²) in [6.07, 6.45) is 0. The number of fused-ring (bicyclic) bond motifs is 2. The maximum atomic E-state index is 12.4. The largest absolute Gasteiger partial charge is 0.497 e. The molecule has 0 atom stereocenters. The molecule has 0 unspecified atom stereocenters. The molecule has 0 radical (unpaired) electrons. The van der Waals surface area contributed by atoms with Gasteiger partial charge in [0.25, 0.3) is 0 Å². The molecule has 0 aromatic heterocycles. The van der Waals surface area contributed by atoms with Crippen LogP contribution in [0.1, 0.15) is 0 Å². The van der Waals surface area contributed by atoms with Gasteiger partial charge in [0.1, 0.15) is 5.75 Å². The van der Waals surface area contributed by atoms with Crippen molar-refractivity contribution in [1.29, 1.82) is 0 Å². The zero-order chi connectivity index (χ0) is 12.8. The summed E-state index contributed by atoms with van der Waals surface area (Å²) in [6, 6.07) is 11.8. The lowest BCUT2D eigenvalue weighted by atomic mass is 10.2. The summed E-state index contributed by atoms with van der Waals surface area (Å²) in [5.74, 6) is 0.621. The second kappa shape index (κ2) is 3.74. The Labute approximate surface area is 105 Å². The van der Waals surface area contributed by atoms with Gasteiger partial charge in [0, 0.05) is 6.07 Å². The van der Waals surface area contributed by atoms with Crippen molar-refractivity contribution in [3.8, 4) is 5.75 Å². The van der Waals surface area contributed by atoms with E-state index in [0.717, 1.165) is 0 Å². The van der Waals surface area contributed by atoms with Gasteiger partial charge in [-0.05, 0) is 24.3 Å². The van der Waals surface area contributed by atoms with Gasteiger partial charge in [-0.15, -0.1) is 0 Å². The van der Waals surface area contributed by atoms with Gasteiger partial charge < -0.3 is 10.1 Å². The molecule has 0 saturated carbocycles. The molecule has 92 valence electrons. The third-order valence-electron chi connectivity index (χ3n) is 2.92. The predicted octanol–water partition coefficient (Wildman–Crippen LogP) is 2.58. The van der Waals surface area contributed by atoms with E-state index in [1.165, 1.54) is 0 Å². The summed E-state index contributed by atoms with van der Waals surface area (Å²) in [5.41, 5.74) is 1.14. The van der Waals surface area contributed by atoms with Gasteiger partial charge in [0.15, 0.2) is 0 Å². The molecule has 0 saturated heterocycles. The third kappa shape index (κ3) is 1.48. The molecular formula is C13H11NO3S. The Morgan fingerprint density at radius 2 is 1.72 bits per heavy atom. The predicted molar refractivity (Wildman–Crippen MR) is 68.2 cm³/mol. The Morgan fingerprint density at radius 1 is 1.00 bits per heavy atom. The van der Waals surface area contributed by atoms with Gasteiger partial charge in [-0.3, -0.25) is 0 Å².